The minimum atomic E-state index is -0.240. The monoisotopic (exact) mass is 293 g/mol. The van der Waals surface area contributed by atoms with Gasteiger partial charge in [-0.05, 0) is 37.5 Å². The van der Waals surface area contributed by atoms with Gasteiger partial charge in [-0.25, -0.2) is 0 Å². The fraction of sp³-hybridized carbons (Fsp3) is 0.647. The quantitative estimate of drug-likeness (QED) is 0.687. The van der Waals surface area contributed by atoms with Crippen molar-refractivity contribution in [3.8, 4) is 11.5 Å². The Bertz CT molecular complexity index is 436. The molecule has 1 aromatic rings. The van der Waals surface area contributed by atoms with Gasteiger partial charge >= 0.3 is 0 Å². The highest BCUT2D eigenvalue weighted by atomic mass is 16.7. The first kappa shape index (κ1) is 16.1. The summed E-state index contributed by atoms with van der Waals surface area (Å²) in [5.41, 5.74) is 1.22. The highest BCUT2D eigenvalue weighted by molar-refractivity contribution is 5.44. The van der Waals surface area contributed by atoms with E-state index in [1.807, 2.05) is 12.1 Å². The van der Waals surface area contributed by atoms with Crippen molar-refractivity contribution in [1.29, 1.82) is 0 Å². The molecule has 0 saturated carbocycles. The number of ether oxygens (including phenoxy) is 2. The van der Waals surface area contributed by atoms with E-state index in [4.69, 9.17) is 9.47 Å². The molecular formula is C17H27NO3. The van der Waals surface area contributed by atoms with E-state index in [2.05, 4.69) is 25.2 Å². The Kier molecular flexibility index (Phi) is 6.33. The molecule has 0 radical (unpaired) electrons. The summed E-state index contributed by atoms with van der Waals surface area (Å²) in [7, 11) is 0. The lowest BCUT2D eigenvalue weighted by Gasteiger charge is -2.17. The summed E-state index contributed by atoms with van der Waals surface area (Å²) in [6, 6.07) is 6.40. The molecule has 0 fully saturated rings. The maximum absolute atomic E-state index is 9.92. The number of hydrogen-bond acceptors (Lipinski definition) is 4. The first-order valence-electron chi connectivity index (χ1n) is 7.99. The summed E-state index contributed by atoms with van der Waals surface area (Å²) < 4.78 is 10.7. The number of aliphatic hydroxyl groups excluding tert-OH is 1. The molecule has 0 aromatic heterocycles. The van der Waals surface area contributed by atoms with Crippen LogP contribution in [0.25, 0.3) is 0 Å². The molecule has 1 heterocycles. The van der Waals surface area contributed by atoms with Gasteiger partial charge in [0.25, 0.3) is 0 Å². The predicted octanol–water partition coefficient (Wildman–Crippen LogP) is 2.88. The van der Waals surface area contributed by atoms with Crippen LogP contribution >= 0.6 is 0 Å². The van der Waals surface area contributed by atoms with Crippen LogP contribution in [0.2, 0.25) is 0 Å². The minimum absolute atomic E-state index is 0.240. The van der Waals surface area contributed by atoms with Crippen LogP contribution in [-0.2, 0) is 6.42 Å². The molecule has 2 N–H and O–H groups in total. The number of unbranched alkanes of at least 4 members (excludes halogenated alkanes) is 2. The number of hydrogen-bond donors (Lipinski definition) is 2. The highest BCUT2D eigenvalue weighted by Crippen LogP contribution is 2.32. The van der Waals surface area contributed by atoms with Gasteiger partial charge in [0.1, 0.15) is 0 Å². The van der Waals surface area contributed by atoms with Gasteiger partial charge in [0.2, 0.25) is 6.79 Å². The Morgan fingerprint density at radius 2 is 2.05 bits per heavy atom. The first-order valence-corrected chi connectivity index (χ1v) is 7.99. The van der Waals surface area contributed by atoms with E-state index in [-0.39, 0.29) is 6.10 Å². The predicted molar refractivity (Wildman–Crippen MR) is 83.9 cm³/mol. The van der Waals surface area contributed by atoms with Gasteiger partial charge in [-0.3, -0.25) is 0 Å². The molecular weight excluding hydrogens is 266 g/mol. The van der Waals surface area contributed by atoms with Crippen LogP contribution in [0.1, 0.15) is 45.1 Å². The van der Waals surface area contributed by atoms with E-state index in [0.717, 1.165) is 30.8 Å². The molecule has 0 saturated heterocycles. The molecule has 2 unspecified atom stereocenters. The highest BCUT2D eigenvalue weighted by Gasteiger charge is 2.14. The molecule has 21 heavy (non-hydrogen) atoms. The van der Waals surface area contributed by atoms with E-state index in [1.54, 1.807) is 0 Å². The van der Waals surface area contributed by atoms with Crippen molar-refractivity contribution >= 4 is 0 Å². The zero-order valence-electron chi connectivity index (χ0n) is 13.1. The van der Waals surface area contributed by atoms with Crippen molar-refractivity contribution in [1.82, 2.24) is 5.32 Å². The van der Waals surface area contributed by atoms with Crippen LogP contribution in [0.15, 0.2) is 18.2 Å². The second-order valence-corrected chi connectivity index (χ2v) is 5.85. The molecule has 4 nitrogen and oxygen atoms in total. The van der Waals surface area contributed by atoms with Gasteiger partial charge in [0.15, 0.2) is 11.5 Å². The normalized spacial score (nSPS) is 16.0. The third-order valence-corrected chi connectivity index (χ3v) is 3.82. The summed E-state index contributed by atoms with van der Waals surface area (Å²) in [5.74, 6) is 1.66. The third kappa shape index (κ3) is 5.21. The smallest absolute Gasteiger partial charge is 0.231 e. The van der Waals surface area contributed by atoms with Gasteiger partial charge in [-0.2, -0.15) is 0 Å². The summed E-state index contributed by atoms with van der Waals surface area (Å²) in [4.78, 5) is 0. The lowest BCUT2D eigenvalue weighted by atomic mass is 10.1. The molecule has 1 aliphatic heterocycles. The summed E-state index contributed by atoms with van der Waals surface area (Å²) in [6.45, 7) is 5.30. The Hall–Kier alpha value is -1.26. The van der Waals surface area contributed by atoms with E-state index in [1.165, 1.54) is 18.4 Å². The second kappa shape index (κ2) is 8.25. The Morgan fingerprint density at radius 3 is 2.86 bits per heavy atom. The van der Waals surface area contributed by atoms with Crippen LogP contribution < -0.4 is 14.8 Å². The summed E-state index contributed by atoms with van der Waals surface area (Å²) in [6.07, 6.45) is 5.06. The molecule has 0 aliphatic carbocycles. The van der Waals surface area contributed by atoms with Crippen molar-refractivity contribution in [2.75, 3.05) is 13.3 Å². The fourth-order valence-electron chi connectivity index (χ4n) is 2.56. The maximum atomic E-state index is 9.92. The van der Waals surface area contributed by atoms with Crippen LogP contribution in [0.3, 0.4) is 0 Å². The van der Waals surface area contributed by atoms with Crippen molar-refractivity contribution < 1.29 is 14.6 Å². The topological polar surface area (TPSA) is 50.7 Å². The molecule has 0 spiro atoms. The number of nitrogens with one attached hydrogen (secondary N) is 1. The van der Waals surface area contributed by atoms with E-state index < -0.39 is 0 Å². The van der Waals surface area contributed by atoms with E-state index in [0.29, 0.717) is 19.4 Å². The lowest BCUT2D eigenvalue weighted by Crippen LogP contribution is -2.35. The van der Waals surface area contributed by atoms with Gasteiger partial charge in [-0.15, -0.1) is 0 Å². The average molecular weight is 293 g/mol. The molecule has 0 amide bonds. The van der Waals surface area contributed by atoms with Gasteiger partial charge in [0.05, 0.1) is 6.10 Å². The molecule has 2 atom stereocenters. The van der Waals surface area contributed by atoms with Gasteiger partial charge < -0.3 is 19.9 Å². The SMILES string of the molecule is CCCCCC(O)CNC(C)Cc1ccc2c(c1)OCO2. The van der Waals surface area contributed by atoms with Crippen LogP contribution in [-0.4, -0.2) is 30.6 Å². The Morgan fingerprint density at radius 1 is 1.24 bits per heavy atom. The Labute approximate surface area is 127 Å². The lowest BCUT2D eigenvalue weighted by molar-refractivity contribution is 0.154. The van der Waals surface area contributed by atoms with Gasteiger partial charge in [0, 0.05) is 12.6 Å². The number of aliphatic hydroxyl groups is 1. The van der Waals surface area contributed by atoms with Gasteiger partial charge in [-0.1, -0.05) is 32.3 Å². The fourth-order valence-corrected chi connectivity index (χ4v) is 2.56. The third-order valence-electron chi connectivity index (χ3n) is 3.82. The van der Waals surface area contributed by atoms with Crippen molar-refractivity contribution in [2.45, 2.75) is 58.1 Å². The van der Waals surface area contributed by atoms with E-state index in [9.17, 15) is 5.11 Å². The van der Waals surface area contributed by atoms with Crippen molar-refractivity contribution in [3.63, 3.8) is 0 Å². The minimum Gasteiger partial charge on any atom is -0.454 e. The second-order valence-electron chi connectivity index (χ2n) is 5.85. The zero-order valence-corrected chi connectivity index (χ0v) is 13.1. The number of rotatable bonds is 9. The molecule has 1 aliphatic rings. The largest absolute Gasteiger partial charge is 0.454 e. The van der Waals surface area contributed by atoms with Crippen molar-refractivity contribution in [2.24, 2.45) is 0 Å². The van der Waals surface area contributed by atoms with Crippen molar-refractivity contribution in [3.05, 3.63) is 23.8 Å². The Balaban J connectivity index is 1.70. The van der Waals surface area contributed by atoms with Crippen LogP contribution in [0.5, 0.6) is 11.5 Å². The number of fused-ring (bicyclic) bond motifs is 1. The molecule has 0 bridgehead atoms. The molecule has 2 rings (SSSR count). The molecule has 1 aromatic carbocycles. The van der Waals surface area contributed by atoms with Crippen LogP contribution in [0, 0.1) is 0 Å². The van der Waals surface area contributed by atoms with Crippen LogP contribution in [0.4, 0.5) is 0 Å². The molecule has 118 valence electrons. The first-order chi connectivity index (χ1) is 10.2. The molecule has 4 heteroatoms. The zero-order chi connectivity index (χ0) is 15.1. The average Bonchev–Trinajstić information content (AvgIpc) is 2.93. The summed E-state index contributed by atoms with van der Waals surface area (Å²) in [5, 5.41) is 13.3. The van der Waals surface area contributed by atoms with E-state index >= 15 is 0 Å². The summed E-state index contributed by atoms with van der Waals surface area (Å²) >= 11 is 0. The number of benzene rings is 1. The standard InChI is InChI=1S/C17H27NO3/c1-3-4-5-6-15(19)11-18-13(2)9-14-7-8-16-17(10-14)21-12-20-16/h7-8,10,13,15,18-19H,3-6,9,11-12H2,1-2H3. The maximum Gasteiger partial charge on any atom is 0.231 e.